The Hall–Kier alpha value is -0.510. The lowest BCUT2D eigenvalue weighted by Crippen LogP contribution is -2.32. The van der Waals surface area contributed by atoms with Gasteiger partial charge in [-0.15, -0.1) is 11.8 Å². The fourth-order valence-corrected chi connectivity index (χ4v) is 3.59. The molecule has 1 aliphatic rings. The van der Waals surface area contributed by atoms with Crippen molar-refractivity contribution in [2.45, 2.75) is 32.1 Å². The van der Waals surface area contributed by atoms with Crippen LogP contribution in [0.3, 0.4) is 0 Å². The molecule has 0 radical (unpaired) electrons. The Morgan fingerprint density at radius 3 is 2.74 bits per heavy atom. The molecule has 1 fully saturated rings. The summed E-state index contributed by atoms with van der Waals surface area (Å²) in [6.07, 6.45) is 1.25. The zero-order chi connectivity index (χ0) is 13.9. The zero-order valence-electron chi connectivity index (χ0n) is 12.4. The molecular weight excluding hydrogens is 252 g/mol. The summed E-state index contributed by atoms with van der Waals surface area (Å²) in [5.74, 6) is 1.17. The molecule has 1 unspecified atom stereocenters. The van der Waals surface area contributed by atoms with E-state index >= 15 is 0 Å². The van der Waals surface area contributed by atoms with Crippen molar-refractivity contribution in [1.82, 2.24) is 4.90 Å². The molecule has 1 aromatic rings. The van der Waals surface area contributed by atoms with Gasteiger partial charge in [0.15, 0.2) is 0 Å². The number of likely N-dealkylation sites (tertiary alicyclic amines) is 1. The van der Waals surface area contributed by atoms with Crippen molar-refractivity contribution in [3.63, 3.8) is 0 Å². The fraction of sp³-hybridized carbons (Fsp3) is 0.625. The predicted molar refractivity (Wildman–Crippen MR) is 84.9 cm³/mol. The zero-order valence-corrected chi connectivity index (χ0v) is 13.2. The minimum atomic E-state index is 0.352. The number of hydrogen-bond acceptors (Lipinski definition) is 3. The number of aryl methyl sites for hydroxylation is 2. The summed E-state index contributed by atoms with van der Waals surface area (Å²) in [7, 11) is 0. The molecule has 1 aromatic carbocycles. The molecule has 0 aromatic heterocycles. The first-order valence-electron chi connectivity index (χ1n) is 7.15. The maximum Gasteiger partial charge on any atom is 0.0108 e. The van der Waals surface area contributed by atoms with E-state index in [9.17, 15) is 0 Å². The number of benzene rings is 1. The minimum Gasteiger partial charge on any atom is -0.330 e. The highest BCUT2D eigenvalue weighted by molar-refractivity contribution is 7.99. The van der Waals surface area contributed by atoms with Crippen LogP contribution in [0.4, 0.5) is 0 Å². The van der Waals surface area contributed by atoms with Gasteiger partial charge in [-0.1, -0.05) is 13.0 Å². The topological polar surface area (TPSA) is 29.3 Å². The summed E-state index contributed by atoms with van der Waals surface area (Å²) in [5.41, 5.74) is 8.97. The molecule has 1 aliphatic heterocycles. The Labute approximate surface area is 121 Å². The Morgan fingerprint density at radius 1 is 1.32 bits per heavy atom. The maximum absolute atomic E-state index is 5.85. The molecule has 0 saturated carbocycles. The smallest absolute Gasteiger partial charge is 0.0108 e. The van der Waals surface area contributed by atoms with Gasteiger partial charge < -0.3 is 10.6 Å². The minimum absolute atomic E-state index is 0.352. The quantitative estimate of drug-likeness (QED) is 0.839. The van der Waals surface area contributed by atoms with E-state index in [2.05, 4.69) is 43.9 Å². The van der Waals surface area contributed by atoms with Crippen molar-refractivity contribution < 1.29 is 0 Å². The average molecular weight is 278 g/mol. The average Bonchev–Trinajstić information content (AvgIpc) is 2.77. The van der Waals surface area contributed by atoms with Crippen molar-refractivity contribution in [2.75, 3.05) is 31.9 Å². The van der Waals surface area contributed by atoms with Gasteiger partial charge in [-0.05, 0) is 62.0 Å². The highest BCUT2D eigenvalue weighted by atomic mass is 32.2. The van der Waals surface area contributed by atoms with Gasteiger partial charge in [-0.25, -0.2) is 0 Å². The first-order chi connectivity index (χ1) is 9.02. The van der Waals surface area contributed by atoms with E-state index in [1.165, 1.54) is 41.3 Å². The van der Waals surface area contributed by atoms with E-state index in [4.69, 9.17) is 5.73 Å². The third-order valence-corrected chi connectivity index (χ3v) is 5.26. The fourth-order valence-electron chi connectivity index (χ4n) is 2.58. The van der Waals surface area contributed by atoms with E-state index in [1.54, 1.807) is 0 Å². The number of nitrogens with zero attached hydrogens (tertiary/aromatic N) is 1. The number of rotatable bonds is 5. The third kappa shape index (κ3) is 3.98. The van der Waals surface area contributed by atoms with E-state index in [-0.39, 0.29) is 0 Å². The Balaban J connectivity index is 1.77. The van der Waals surface area contributed by atoms with Crippen LogP contribution in [0.2, 0.25) is 0 Å². The van der Waals surface area contributed by atoms with Crippen molar-refractivity contribution in [3.05, 3.63) is 29.3 Å². The van der Waals surface area contributed by atoms with Crippen LogP contribution in [0, 0.1) is 19.3 Å². The highest BCUT2D eigenvalue weighted by Gasteiger charge is 2.31. The third-order valence-electron chi connectivity index (χ3n) is 4.28. The Bertz CT molecular complexity index is 433. The molecule has 2 nitrogen and oxygen atoms in total. The molecule has 106 valence electrons. The second kappa shape index (κ2) is 6.29. The molecular formula is C16H26N2S. The summed E-state index contributed by atoms with van der Waals surface area (Å²) in [6, 6.07) is 6.76. The van der Waals surface area contributed by atoms with Gasteiger partial charge in [-0.2, -0.15) is 0 Å². The second-order valence-electron chi connectivity index (χ2n) is 6.14. The molecule has 2 N–H and O–H groups in total. The van der Waals surface area contributed by atoms with Gasteiger partial charge in [0.1, 0.15) is 0 Å². The van der Waals surface area contributed by atoms with Crippen LogP contribution < -0.4 is 5.73 Å². The first kappa shape index (κ1) is 14.9. The summed E-state index contributed by atoms with van der Waals surface area (Å²) in [5, 5.41) is 0. The van der Waals surface area contributed by atoms with E-state index in [0.717, 1.165) is 13.1 Å². The number of hydrogen-bond donors (Lipinski definition) is 1. The summed E-state index contributed by atoms with van der Waals surface area (Å²) in [6.45, 7) is 11.0. The lowest BCUT2D eigenvalue weighted by atomic mass is 9.90. The maximum atomic E-state index is 5.85. The van der Waals surface area contributed by atoms with Crippen LogP contribution in [-0.2, 0) is 0 Å². The van der Waals surface area contributed by atoms with Crippen molar-refractivity contribution >= 4 is 11.8 Å². The van der Waals surface area contributed by atoms with Gasteiger partial charge in [0.2, 0.25) is 0 Å². The summed E-state index contributed by atoms with van der Waals surface area (Å²) < 4.78 is 0. The van der Waals surface area contributed by atoms with Gasteiger partial charge in [-0.3, -0.25) is 0 Å². The molecule has 2 rings (SSSR count). The van der Waals surface area contributed by atoms with Crippen molar-refractivity contribution in [3.8, 4) is 0 Å². The largest absolute Gasteiger partial charge is 0.330 e. The molecule has 0 spiro atoms. The monoisotopic (exact) mass is 278 g/mol. The lowest BCUT2D eigenvalue weighted by Gasteiger charge is -2.22. The normalized spacial score (nSPS) is 24.0. The van der Waals surface area contributed by atoms with E-state index in [1.807, 2.05) is 11.8 Å². The van der Waals surface area contributed by atoms with Crippen LogP contribution in [0.15, 0.2) is 23.1 Å². The van der Waals surface area contributed by atoms with Crippen LogP contribution in [0.25, 0.3) is 0 Å². The molecule has 3 heteroatoms. The lowest BCUT2D eigenvalue weighted by molar-refractivity contribution is 0.293. The van der Waals surface area contributed by atoms with Gasteiger partial charge in [0.25, 0.3) is 0 Å². The van der Waals surface area contributed by atoms with E-state index < -0.39 is 0 Å². The van der Waals surface area contributed by atoms with Crippen LogP contribution in [0.5, 0.6) is 0 Å². The van der Waals surface area contributed by atoms with Crippen LogP contribution >= 0.6 is 11.8 Å². The molecule has 19 heavy (non-hydrogen) atoms. The van der Waals surface area contributed by atoms with Crippen molar-refractivity contribution in [2.24, 2.45) is 11.1 Å². The molecule has 1 heterocycles. The second-order valence-corrected chi connectivity index (χ2v) is 7.30. The van der Waals surface area contributed by atoms with Crippen molar-refractivity contribution in [1.29, 1.82) is 0 Å². The number of nitrogens with two attached hydrogens (primary N) is 1. The SMILES string of the molecule is Cc1ccc(SCCN2CCC(C)(CN)C2)cc1C. The molecule has 0 bridgehead atoms. The van der Waals surface area contributed by atoms with Crippen LogP contribution in [0.1, 0.15) is 24.5 Å². The molecule has 0 amide bonds. The molecule has 1 atom stereocenters. The Morgan fingerprint density at radius 2 is 2.11 bits per heavy atom. The first-order valence-corrected chi connectivity index (χ1v) is 8.13. The Kier molecular flexibility index (Phi) is 4.93. The summed E-state index contributed by atoms with van der Waals surface area (Å²) in [4.78, 5) is 3.95. The molecule has 0 aliphatic carbocycles. The van der Waals surface area contributed by atoms with Crippen LogP contribution in [-0.4, -0.2) is 36.8 Å². The highest BCUT2D eigenvalue weighted by Crippen LogP contribution is 2.29. The number of thioether (sulfide) groups is 1. The predicted octanol–water partition coefficient (Wildman–Crippen LogP) is 3.07. The summed E-state index contributed by atoms with van der Waals surface area (Å²) >= 11 is 1.96. The molecule has 1 saturated heterocycles. The van der Waals surface area contributed by atoms with Gasteiger partial charge >= 0.3 is 0 Å². The standard InChI is InChI=1S/C16H26N2S/c1-13-4-5-15(10-14(13)2)19-9-8-18-7-6-16(3,11-17)12-18/h4-5,10H,6-9,11-12,17H2,1-3H3. The van der Waals surface area contributed by atoms with Gasteiger partial charge in [0, 0.05) is 23.7 Å². The van der Waals surface area contributed by atoms with E-state index in [0.29, 0.717) is 5.41 Å². The van der Waals surface area contributed by atoms with Gasteiger partial charge in [0.05, 0.1) is 0 Å².